The van der Waals surface area contributed by atoms with E-state index >= 15 is 0 Å². The third-order valence-corrected chi connectivity index (χ3v) is 9.55. The van der Waals surface area contributed by atoms with Gasteiger partial charge in [-0.3, -0.25) is 4.57 Å². The molecule has 10 aromatic rings. The zero-order valence-electron chi connectivity index (χ0n) is 25.4. The molecule has 0 atom stereocenters. The number of aromatic nitrogens is 3. The Kier molecular flexibility index (Phi) is 5.57. The summed E-state index contributed by atoms with van der Waals surface area (Å²) in [5.74, 6) is 0.664. The molecule has 47 heavy (non-hydrogen) atoms. The lowest BCUT2D eigenvalue weighted by Gasteiger charge is -2.14. The third-order valence-electron chi connectivity index (χ3n) is 9.55. The quantitative estimate of drug-likeness (QED) is 0.190. The number of fused-ring (bicyclic) bond motifs is 8. The van der Waals surface area contributed by atoms with Gasteiger partial charge in [-0.25, -0.2) is 9.97 Å². The van der Waals surface area contributed by atoms with Crippen molar-refractivity contribution in [2.24, 2.45) is 0 Å². The summed E-state index contributed by atoms with van der Waals surface area (Å²) in [6, 6.07) is 58.5. The number of rotatable bonds is 3. The highest BCUT2D eigenvalue weighted by Gasteiger charge is 2.19. The van der Waals surface area contributed by atoms with Crippen LogP contribution < -0.4 is 0 Å². The van der Waals surface area contributed by atoms with Crippen molar-refractivity contribution in [3.63, 3.8) is 0 Å². The van der Waals surface area contributed by atoms with Crippen molar-refractivity contribution >= 4 is 65.0 Å². The van der Waals surface area contributed by atoms with Crippen LogP contribution >= 0.6 is 0 Å². The van der Waals surface area contributed by atoms with E-state index in [1.165, 1.54) is 43.1 Å². The first kappa shape index (κ1) is 26.0. The van der Waals surface area contributed by atoms with Crippen LogP contribution in [0.15, 0.2) is 164 Å². The fourth-order valence-corrected chi connectivity index (χ4v) is 7.27. The smallest absolute Gasteiger partial charge is 0.235 e. The molecule has 0 radical (unpaired) electrons. The SMILES string of the molecule is c1ccc(-c2ccc3c(-c4ccc5ccc6ccccc6c5c4)nc(-n4c5ccccc5c5cc6ccccc6cc54)nc3c2)cc1. The molecule has 0 spiro atoms. The van der Waals surface area contributed by atoms with Gasteiger partial charge in [-0.15, -0.1) is 0 Å². The van der Waals surface area contributed by atoms with Gasteiger partial charge < -0.3 is 0 Å². The highest BCUT2D eigenvalue weighted by Crippen LogP contribution is 2.37. The Labute approximate surface area is 271 Å². The van der Waals surface area contributed by atoms with Crippen molar-refractivity contribution < 1.29 is 0 Å². The summed E-state index contributed by atoms with van der Waals surface area (Å²) >= 11 is 0. The normalized spacial score (nSPS) is 11.8. The maximum atomic E-state index is 5.44. The van der Waals surface area contributed by atoms with Crippen LogP contribution in [0.3, 0.4) is 0 Å². The van der Waals surface area contributed by atoms with Crippen LogP contribution in [0.25, 0.3) is 93.4 Å². The van der Waals surface area contributed by atoms with E-state index in [2.05, 4.69) is 168 Å². The number of nitrogens with zero attached hydrogens (tertiary/aromatic N) is 3. The summed E-state index contributed by atoms with van der Waals surface area (Å²) in [5.41, 5.74) is 7.39. The largest absolute Gasteiger partial charge is 0.278 e. The highest BCUT2D eigenvalue weighted by atomic mass is 15.2. The van der Waals surface area contributed by atoms with Gasteiger partial charge in [0.2, 0.25) is 5.95 Å². The van der Waals surface area contributed by atoms with Gasteiger partial charge in [-0.2, -0.15) is 0 Å². The summed E-state index contributed by atoms with van der Waals surface area (Å²) in [5, 5.41) is 10.7. The fraction of sp³-hybridized carbons (Fsp3) is 0. The molecule has 0 unspecified atom stereocenters. The minimum Gasteiger partial charge on any atom is -0.278 e. The number of para-hydroxylation sites is 1. The Balaban J connectivity index is 1.31. The topological polar surface area (TPSA) is 30.7 Å². The average Bonchev–Trinajstić information content (AvgIpc) is 3.46. The van der Waals surface area contributed by atoms with Crippen LogP contribution in [0.5, 0.6) is 0 Å². The van der Waals surface area contributed by atoms with Crippen LogP contribution in [-0.4, -0.2) is 14.5 Å². The molecule has 0 aliphatic heterocycles. The van der Waals surface area contributed by atoms with Crippen molar-refractivity contribution in [1.82, 2.24) is 14.5 Å². The molecule has 0 amide bonds. The lowest BCUT2D eigenvalue weighted by Crippen LogP contribution is -2.03. The third kappa shape index (κ3) is 4.07. The lowest BCUT2D eigenvalue weighted by molar-refractivity contribution is 1.01. The molecule has 0 saturated carbocycles. The minimum absolute atomic E-state index is 0.664. The molecule has 0 fully saturated rings. The van der Waals surface area contributed by atoms with Crippen LogP contribution in [0.2, 0.25) is 0 Å². The predicted molar refractivity (Wildman–Crippen MR) is 197 cm³/mol. The molecule has 0 saturated heterocycles. The van der Waals surface area contributed by atoms with Crippen molar-refractivity contribution in [2.75, 3.05) is 0 Å². The molecule has 3 heteroatoms. The molecule has 2 heterocycles. The van der Waals surface area contributed by atoms with E-state index in [0.29, 0.717) is 5.95 Å². The van der Waals surface area contributed by atoms with Gasteiger partial charge in [0.15, 0.2) is 0 Å². The van der Waals surface area contributed by atoms with Gasteiger partial charge in [0.05, 0.1) is 22.2 Å². The van der Waals surface area contributed by atoms with E-state index in [-0.39, 0.29) is 0 Å². The lowest BCUT2D eigenvalue weighted by atomic mass is 9.97. The Morgan fingerprint density at radius 2 is 1.00 bits per heavy atom. The molecule has 10 rings (SSSR count). The summed E-state index contributed by atoms with van der Waals surface area (Å²) in [6.07, 6.45) is 0. The zero-order valence-corrected chi connectivity index (χ0v) is 25.4. The van der Waals surface area contributed by atoms with Gasteiger partial charge in [0.1, 0.15) is 0 Å². The Bertz CT molecular complexity index is 2850. The fourth-order valence-electron chi connectivity index (χ4n) is 7.27. The zero-order chi connectivity index (χ0) is 30.9. The minimum atomic E-state index is 0.664. The van der Waals surface area contributed by atoms with E-state index in [1.807, 2.05) is 0 Å². The summed E-state index contributed by atoms with van der Waals surface area (Å²) in [7, 11) is 0. The van der Waals surface area contributed by atoms with Crippen molar-refractivity contribution in [3.05, 3.63) is 164 Å². The predicted octanol–water partition coefficient (Wildman–Crippen LogP) is 11.5. The average molecular weight is 598 g/mol. The van der Waals surface area contributed by atoms with Crippen LogP contribution in [0.4, 0.5) is 0 Å². The first-order chi connectivity index (χ1) is 23.3. The highest BCUT2D eigenvalue weighted by molar-refractivity contribution is 6.14. The second-order valence-corrected chi connectivity index (χ2v) is 12.3. The number of hydrogen-bond donors (Lipinski definition) is 0. The summed E-state index contributed by atoms with van der Waals surface area (Å²) in [4.78, 5) is 10.8. The van der Waals surface area contributed by atoms with E-state index in [1.54, 1.807) is 0 Å². The van der Waals surface area contributed by atoms with Crippen LogP contribution in [0.1, 0.15) is 0 Å². The molecule has 2 aromatic heterocycles. The first-order valence-electron chi connectivity index (χ1n) is 16.0. The number of benzene rings is 8. The van der Waals surface area contributed by atoms with Gasteiger partial charge in [0, 0.05) is 21.7 Å². The monoisotopic (exact) mass is 597 g/mol. The molecule has 0 N–H and O–H groups in total. The van der Waals surface area contributed by atoms with Crippen molar-refractivity contribution in [3.8, 4) is 28.3 Å². The maximum absolute atomic E-state index is 5.44. The molecular weight excluding hydrogens is 571 g/mol. The van der Waals surface area contributed by atoms with Gasteiger partial charge >= 0.3 is 0 Å². The second kappa shape index (κ2) is 10.1. The molecule has 0 aliphatic rings. The van der Waals surface area contributed by atoms with Gasteiger partial charge in [0.25, 0.3) is 0 Å². The standard InChI is InChI=1S/C44H27N3/c1-2-10-28(11-3-1)33-22-23-37-40(26-33)45-44(46-43(37)34-21-20-30-19-18-29-12-6-7-15-35(29)38(30)25-34)47-41-17-9-8-16-36(41)39-24-31-13-4-5-14-32(31)27-42(39)47/h1-27H. The molecule has 0 aliphatic carbocycles. The van der Waals surface area contributed by atoms with E-state index in [0.717, 1.165) is 44.3 Å². The number of hydrogen-bond acceptors (Lipinski definition) is 2. The summed E-state index contributed by atoms with van der Waals surface area (Å²) < 4.78 is 2.24. The molecule has 8 aromatic carbocycles. The van der Waals surface area contributed by atoms with Crippen molar-refractivity contribution in [2.45, 2.75) is 0 Å². The van der Waals surface area contributed by atoms with Gasteiger partial charge in [-0.05, 0) is 79.8 Å². The maximum Gasteiger partial charge on any atom is 0.235 e. The summed E-state index contributed by atoms with van der Waals surface area (Å²) in [6.45, 7) is 0. The Morgan fingerprint density at radius 3 is 1.85 bits per heavy atom. The van der Waals surface area contributed by atoms with Crippen LogP contribution in [0, 0.1) is 0 Å². The molecule has 218 valence electrons. The van der Waals surface area contributed by atoms with E-state index in [9.17, 15) is 0 Å². The van der Waals surface area contributed by atoms with Crippen LogP contribution in [-0.2, 0) is 0 Å². The Hall–Kier alpha value is -6.32. The van der Waals surface area contributed by atoms with Gasteiger partial charge in [-0.1, -0.05) is 127 Å². The van der Waals surface area contributed by atoms with Crippen molar-refractivity contribution in [1.29, 1.82) is 0 Å². The molecule has 3 nitrogen and oxygen atoms in total. The first-order valence-corrected chi connectivity index (χ1v) is 16.0. The second-order valence-electron chi connectivity index (χ2n) is 12.3. The molecular formula is C44H27N3. The van der Waals surface area contributed by atoms with E-state index in [4.69, 9.17) is 9.97 Å². The van der Waals surface area contributed by atoms with E-state index < -0.39 is 0 Å². The Morgan fingerprint density at radius 1 is 0.340 bits per heavy atom. The molecule has 0 bridgehead atoms.